The molecule has 0 radical (unpaired) electrons. The van der Waals surface area contributed by atoms with E-state index >= 15 is 0 Å². The number of thioether (sulfide) groups is 2. The molecule has 0 saturated heterocycles. The molecule has 2 unspecified atom stereocenters. The van der Waals surface area contributed by atoms with Crippen molar-refractivity contribution in [3.63, 3.8) is 0 Å². The quantitative estimate of drug-likeness (QED) is 0.269. The van der Waals surface area contributed by atoms with Crippen molar-refractivity contribution in [3.05, 3.63) is 0 Å². The number of carboxylic acid groups (broad SMARTS) is 2. The lowest BCUT2D eigenvalue weighted by Crippen LogP contribution is -2.33. The van der Waals surface area contributed by atoms with E-state index in [1.54, 1.807) is 0 Å². The third kappa shape index (κ3) is 10.7. The van der Waals surface area contributed by atoms with Crippen molar-refractivity contribution in [2.45, 2.75) is 44.9 Å². The van der Waals surface area contributed by atoms with E-state index in [1.165, 1.54) is 23.5 Å². The average Bonchev–Trinajstić information content (AvgIpc) is 2.51. The van der Waals surface area contributed by atoms with Crippen molar-refractivity contribution >= 4 is 41.2 Å². The van der Waals surface area contributed by atoms with E-state index in [-0.39, 0.29) is 11.5 Å². The van der Waals surface area contributed by atoms with Gasteiger partial charge in [-0.2, -0.15) is 23.5 Å². The first-order valence-electron chi connectivity index (χ1n) is 7.45. The van der Waals surface area contributed by atoms with Crippen LogP contribution in [0.2, 0.25) is 0 Å². The van der Waals surface area contributed by atoms with Crippen molar-refractivity contribution in [3.8, 4) is 0 Å². The van der Waals surface area contributed by atoms with Gasteiger partial charge in [0.15, 0.2) is 0 Å². The minimum absolute atomic E-state index is 0.255. The fourth-order valence-corrected chi connectivity index (χ4v) is 3.04. The van der Waals surface area contributed by atoms with Gasteiger partial charge in [0, 0.05) is 23.0 Å². The van der Waals surface area contributed by atoms with Crippen LogP contribution >= 0.6 is 23.5 Å². The van der Waals surface area contributed by atoms with E-state index in [9.17, 15) is 9.59 Å². The third-order valence-corrected chi connectivity index (χ3v) is 5.30. The van der Waals surface area contributed by atoms with Crippen molar-refractivity contribution in [1.82, 2.24) is 0 Å². The molecule has 0 aliphatic rings. The smallest absolute Gasteiger partial charge is 0.321 e. The Morgan fingerprint density at radius 2 is 1.50 bits per heavy atom. The SMILES string of the molecule is CCC(C)(C)ON=C(CSCC(N)C(=O)O)CSCC(N)C(=O)O. The van der Waals surface area contributed by atoms with E-state index in [0.717, 1.165) is 6.42 Å². The molecule has 0 aliphatic heterocycles. The second-order valence-electron chi connectivity index (χ2n) is 5.78. The predicted octanol–water partition coefficient (Wildman–Crippen LogP) is 0.838. The number of hydrogen-bond donors (Lipinski definition) is 4. The maximum absolute atomic E-state index is 10.7. The highest BCUT2D eigenvalue weighted by Crippen LogP contribution is 2.16. The summed E-state index contributed by atoms with van der Waals surface area (Å²) in [6, 6.07) is -1.87. The number of carbonyl (C=O) groups is 2. The second kappa shape index (κ2) is 11.6. The fraction of sp³-hybridized carbons (Fsp3) is 0.786. The molecule has 0 spiro atoms. The van der Waals surface area contributed by atoms with Gasteiger partial charge in [0.05, 0.1) is 5.71 Å². The molecule has 10 heteroatoms. The van der Waals surface area contributed by atoms with Crippen LogP contribution in [-0.2, 0) is 14.4 Å². The van der Waals surface area contributed by atoms with Gasteiger partial charge in [-0.15, -0.1) is 0 Å². The molecule has 8 nitrogen and oxygen atoms in total. The van der Waals surface area contributed by atoms with Crippen LogP contribution in [0.5, 0.6) is 0 Å². The first-order valence-corrected chi connectivity index (χ1v) is 9.76. The Labute approximate surface area is 150 Å². The molecule has 0 heterocycles. The molecule has 0 saturated carbocycles. The zero-order valence-corrected chi connectivity index (χ0v) is 15.9. The molecule has 2 atom stereocenters. The first-order chi connectivity index (χ1) is 11.1. The molecule has 0 rings (SSSR count). The van der Waals surface area contributed by atoms with Crippen LogP contribution in [0.25, 0.3) is 0 Å². The van der Waals surface area contributed by atoms with Gasteiger partial charge >= 0.3 is 11.9 Å². The number of rotatable bonds is 13. The Kier molecular flexibility index (Phi) is 11.1. The summed E-state index contributed by atoms with van der Waals surface area (Å²) in [6.45, 7) is 5.81. The van der Waals surface area contributed by atoms with Gasteiger partial charge in [-0.05, 0) is 20.3 Å². The van der Waals surface area contributed by atoms with Crippen LogP contribution in [0, 0.1) is 0 Å². The molecule has 0 bridgehead atoms. The molecule has 0 fully saturated rings. The van der Waals surface area contributed by atoms with E-state index in [2.05, 4.69) is 5.16 Å². The van der Waals surface area contributed by atoms with Crippen LogP contribution in [0.3, 0.4) is 0 Å². The maximum atomic E-state index is 10.7. The van der Waals surface area contributed by atoms with Gasteiger partial charge in [0.1, 0.15) is 17.7 Å². The number of oxime groups is 1. The van der Waals surface area contributed by atoms with E-state index in [0.29, 0.717) is 17.2 Å². The van der Waals surface area contributed by atoms with E-state index in [4.69, 9.17) is 26.5 Å². The van der Waals surface area contributed by atoms with Crippen molar-refractivity contribution in [2.75, 3.05) is 23.0 Å². The summed E-state index contributed by atoms with van der Waals surface area (Å²) in [5.41, 5.74) is 11.2. The fourth-order valence-electron chi connectivity index (χ4n) is 1.10. The molecule has 6 N–H and O–H groups in total. The van der Waals surface area contributed by atoms with E-state index in [1.807, 2.05) is 20.8 Å². The Morgan fingerprint density at radius 1 is 1.08 bits per heavy atom. The van der Waals surface area contributed by atoms with Crippen molar-refractivity contribution in [2.24, 2.45) is 16.6 Å². The highest BCUT2D eigenvalue weighted by atomic mass is 32.2. The highest BCUT2D eigenvalue weighted by molar-refractivity contribution is 8.01. The summed E-state index contributed by atoms with van der Waals surface area (Å²) in [7, 11) is 0. The van der Waals surface area contributed by atoms with Gasteiger partial charge in [0.25, 0.3) is 0 Å². The normalized spacial score (nSPS) is 13.9. The highest BCUT2D eigenvalue weighted by Gasteiger charge is 2.18. The summed E-state index contributed by atoms with van der Waals surface area (Å²) in [5, 5.41) is 21.7. The molecular weight excluding hydrogens is 354 g/mol. The molecule has 0 aromatic heterocycles. The number of carboxylic acids is 2. The Hall–Kier alpha value is -0.970. The van der Waals surface area contributed by atoms with Gasteiger partial charge in [-0.1, -0.05) is 12.1 Å². The van der Waals surface area contributed by atoms with Gasteiger partial charge in [-0.25, -0.2) is 0 Å². The summed E-state index contributed by atoms with van der Waals surface area (Å²) in [6.07, 6.45) is 0.776. The zero-order chi connectivity index (χ0) is 18.8. The average molecular weight is 382 g/mol. The molecule has 0 aromatic carbocycles. The summed E-state index contributed by atoms with van der Waals surface area (Å²) < 4.78 is 0. The lowest BCUT2D eigenvalue weighted by atomic mass is 10.1. The number of hydrogen-bond acceptors (Lipinski definition) is 8. The van der Waals surface area contributed by atoms with E-state index < -0.39 is 29.6 Å². The van der Waals surface area contributed by atoms with Crippen LogP contribution in [0.4, 0.5) is 0 Å². The standard InChI is InChI=1S/C14H27N3O5S2/c1-4-14(2,3)22-17-9(5-23-7-10(15)12(18)19)6-24-8-11(16)13(20)21/h10-11H,4-8,15-16H2,1-3H3,(H,18,19)(H,20,21). The Morgan fingerprint density at radius 3 is 1.83 bits per heavy atom. The maximum Gasteiger partial charge on any atom is 0.321 e. The summed E-state index contributed by atoms with van der Waals surface area (Å²) >= 11 is 2.69. The number of nitrogens with zero attached hydrogens (tertiary/aromatic N) is 1. The van der Waals surface area contributed by atoms with Crippen LogP contribution < -0.4 is 11.5 Å². The largest absolute Gasteiger partial charge is 0.480 e. The van der Waals surface area contributed by atoms with Gasteiger partial charge in [0.2, 0.25) is 0 Å². The van der Waals surface area contributed by atoms with Crippen LogP contribution in [-0.4, -0.2) is 68.6 Å². The van der Waals surface area contributed by atoms with Crippen molar-refractivity contribution in [1.29, 1.82) is 0 Å². The Bertz CT molecular complexity index is 418. The molecule has 24 heavy (non-hydrogen) atoms. The van der Waals surface area contributed by atoms with Gasteiger partial charge in [-0.3, -0.25) is 9.59 Å². The first kappa shape index (κ1) is 23.0. The molecule has 0 aliphatic carbocycles. The minimum atomic E-state index is -1.05. The van der Waals surface area contributed by atoms with Crippen LogP contribution in [0.15, 0.2) is 5.16 Å². The van der Waals surface area contributed by atoms with Crippen LogP contribution in [0.1, 0.15) is 27.2 Å². The molecule has 0 aromatic rings. The van der Waals surface area contributed by atoms with Gasteiger partial charge < -0.3 is 26.5 Å². The Balaban J connectivity index is 4.56. The lowest BCUT2D eigenvalue weighted by Gasteiger charge is -2.21. The monoisotopic (exact) mass is 381 g/mol. The summed E-state index contributed by atoms with van der Waals surface area (Å²) in [4.78, 5) is 26.9. The number of aliphatic carboxylic acids is 2. The number of nitrogens with two attached hydrogens (primary N) is 2. The second-order valence-corrected chi connectivity index (χ2v) is 7.84. The molecule has 0 amide bonds. The minimum Gasteiger partial charge on any atom is -0.480 e. The predicted molar refractivity (Wildman–Crippen MR) is 98.8 cm³/mol. The third-order valence-electron chi connectivity index (χ3n) is 3.04. The molecule has 140 valence electrons. The summed E-state index contributed by atoms with van der Waals surface area (Å²) in [5.74, 6) is -0.681. The van der Waals surface area contributed by atoms with Crippen molar-refractivity contribution < 1.29 is 24.6 Å². The zero-order valence-electron chi connectivity index (χ0n) is 14.2. The molecular formula is C14H27N3O5S2. The lowest BCUT2D eigenvalue weighted by molar-refractivity contribution is -0.138. The topological polar surface area (TPSA) is 148 Å².